The van der Waals surface area contributed by atoms with E-state index in [0.717, 1.165) is 16.9 Å². The van der Waals surface area contributed by atoms with Crippen molar-refractivity contribution in [3.63, 3.8) is 0 Å². The Morgan fingerprint density at radius 1 is 1.29 bits per heavy atom. The topological polar surface area (TPSA) is 35.5 Å². The van der Waals surface area contributed by atoms with Gasteiger partial charge in [0.15, 0.2) is 17.3 Å². The molecule has 0 bridgehead atoms. The van der Waals surface area contributed by atoms with Gasteiger partial charge in [-0.3, -0.25) is 4.79 Å². The summed E-state index contributed by atoms with van der Waals surface area (Å²) in [4.78, 5) is 11.3. The second-order valence-corrected chi connectivity index (χ2v) is 3.49. The van der Waals surface area contributed by atoms with Crippen LogP contribution in [-0.4, -0.2) is 12.6 Å². The lowest BCUT2D eigenvalue weighted by Gasteiger charge is -2.07. The average Bonchev–Trinajstić information content (AvgIpc) is 2.59. The van der Waals surface area contributed by atoms with Crippen LogP contribution in [0, 0.1) is 13.8 Å². The van der Waals surface area contributed by atoms with Gasteiger partial charge in [0.05, 0.1) is 5.56 Å². The molecule has 0 radical (unpaired) electrons. The summed E-state index contributed by atoms with van der Waals surface area (Å²) in [5.41, 5.74) is 2.71. The van der Waals surface area contributed by atoms with Crippen LogP contribution in [0.1, 0.15) is 28.4 Å². The highest BCUT2D eigenvalue weighted by Crippen LogP contribution is 2.40. The first-order chi connectivity index (χ1) is 6.61. The summed E-state index contributed by atoms with van der Waals surface area (Å²) in [5.74, 6) is 1.32. The van der Waals surface area contributed by atoms with Crippen LogP contribution in [0.4, 0.5) is 0 Å². The number of ether oxygens (including phenoxy) is 2. The fourth-order valence-electron chi connectivity index (χ4n) is 1.59. The number of Topliss-reactive ketones (excluding diaryl/α,β-unsaturated/α-hetero) is 1. The van der Waals surface area contributed by atoms with Gasteiger partial charge in [-0.15, -0.1) is 0 Å². The zero-order valence-corrected chi connectivity index (χ0v) is 8.51. The predicted molar refractivity (Wildman–Crippen MR) is 52.0 cm³/mol. The van der Waals surface area contributed by atoms with E-state index >= 15 is 0 Å². The van der Waals surface area contributed by atoms with E-state index in [-0.39, 0.29) is 12.6 Å². The molecule has 0 unspecified atom stereocenters. The minimum absolute atomic E-state index is 0.00912. The number of fused-ring (bicyclic) bond motifs is 1. The minimum atomic E-state index is 0.00912. The van der Waals surface area contributed by atoms with E-state index in [0.29, 0.717) is 11.3 Å². The lowest BCUT2D eigenvalue weighted by atomic mass is 10.0. The van der Waals surface area contributed by atoms with Crippen molar-refractivity contribution in [2.75, 3.05) is 6.79 Å². The number of hydrogen-bond acceptors (Lipinski definition) is 3. The summed E-state index contributed by atoms with van der Waals surface area (Å²) in [6.07, 6.45) is 0. The van der Waals surface area contributed by atoms with Gasteiger partial charge in [-0.25, -0.2) is 0 Å². The maximum atomic E-state index is 11.3. The molecule has 0 fully saturated rings. The summed E-state index contributed by atoms with van der Waals surface area (Å²) in [6.45, 7) is 5.67. The van der Waals surface area contributed by atoms with Crippen LogP contribution >= 0.6 is 0 Å². The molecule has 0 aliphatic carbocycles. The molecule has 3 nitrogen and oxygen atoms in total. The molecule has 0 aromatic heterocycles. The van der Waals surface area contributed by atoms with Crippen molar-refractivity contribution in [3.05, 3.63) is 22.8 Å². The van der Waals surface area contributed by atoms with Crippen LogP contribution in [0.2, 0.25) is 0 Å². The first kappa shape index (κ1) is 9.06. The number of hydrogen-bond donors (Lipinski definition) is 0. The number of aryl methyl sites for hydroxylation is 1. The number of benzene rings is 1. The van der Waals surface area contributed by atoms with Gasteiger partial charge in [-0.2, -0.15) is 0 Å². The van der Waals surface area contributed by atoms with E-state index < -0.39 is 0 Å². The highest BCUT2D eigenvalue weighted by Gasteiger charge is 2.23. The molecule has 0 amide bonds. The summed E-state index contributed by atoms with van der Waals surface area (Å²) >= 11 is 0. The predicted octanol–water partition coefficient (Wildman–Crippen LogP) is 2.23. The van der Waals surface area contributed by atoms with Gasteiger partial charge in [0.25, 0.3) is 0 Å². The Labute approximate surface area is 82.6 Å². The van der Waals surface area contributed by atoms with Crippen molar-refractivity contribution in [1.82, 2.24) is 0 Å². The van der Waals surface area contributed by atoms with Gasteiger partial charge in [-0.05, 0) is 38.0 Å². The maximum Gasteiger partial charge on any atom is 0.231 e. The van der Waals surface area contributed by atoms with Crippen molar-refractivity contribution in [3.8, 4) is 11.5 Å². The molecule has 1 aliphatic heterocycles. The Hall–Kier alpha value is -1.51. The Morgan fingerprint density at radius 2 is 1.93 bits per heavy atom. The van der Waals surface area contributed by atoms with Gasteiger partial charge in [0.1, 0.15) is 0 Å². The van der Waals surface area contributed by atoms with E-state index in [1.165, 1.54) is 6.92 Å². The second kappa shape index (κ2) is 3.01. The fourth-order valence-corrected chi connectivity index (χ4v) is 1.59. The molecule has 3 heteroatoms. The highest BCUT2D eigenvalue weighted by atomic mass is 16.7. The third-order valence-electron chi connectivity index (χ3n) is 2.53. The van der Waals surface area contributed by atoms with Crippen molar-refractivity contribution in [1.29, 1.82) is 0 Å². The van der Waals surface area contributed by atoms with Crippen molar-refractivity contribution >= 4 is 5.78 Å². The SMILES string of the molecule is CC(=O)c1cc(C)c(C)c2c1OCO2. The maximum absolute atomic E-state index is 11.3. The lowest BCUT2D eigenvalue weighted by molar-refractivity contribution is 0.101. The molecule has 1 heterocycles. The van der Waals surface area contributed by atoms with Gasteiger partial charge in [-0.1, -0.05) is 0 Å². The standard InChI is InChI=1S/C11H12O3/c1-6-4-9(8(3)12)11-10(7(6)2)13-5-14-11/h4H,5H2,1-3H3. The quantitative estimate of drug-likeness (QED) is 0.640. The molecule has 1 aliphatic rings. The van der Waals surface area contributed by atoms with E-state index in [1.54, 1.807) is 0 Å². The average molecular weight is 192 g/mol. The van der Waals surface area contributed by atoms with Crippen LogP contribution < -0.4 is 9.47 Å². The molecule has 0 saturated heterocycles. The van der Waals surface area contributed by atoms with Crippen molar-refractivity contribution in [2.45, 2.75) is 20.8 Å². The fraction of sp³-hybridized carbons (Fsp3) is 0.364. The molecule has 74 valence electrons. The smallest absolute Gasteiger partial charge is 0.231 e. The van der Waals surface area contributed by atoms with Crippen LogP contribution in [0.3, 0.4) is 0 Å². The number of ketones is 1. The number of carbonyl (C=O) groups is 1. The first-order valence-corrected chi connectivity index (χ1v) is 4.52. The molecule has 2 rings (SSSR count). The molecule has 1 aromatic rings. The normalized spacial score (nSPS) is 13.1. The van der Waals surface area contributed by atoms with Crippen LogP contribution in [-0.2, 0) is 0 Å². The molecular formula is C11H12O3. The Morgan fingerprint density at radius 3 is 2.57 bits per heavy atom. The van der Waals surface area contributed by atoms with Crippen LogP contribution in [0.25, 0.3) is 0 Å². The third kappa shape index (κ3) is 1.16. The van der Waals surface area contributed by atoms with Gasteiger partial charge < -0.3 is 9.47 Å². The van der Waals surface area contributed by atoms with E-state index in [9.17, 15) is 4.79 Å². The summed E-state index contributed by atoms with van der Waals surface area (Å²) in [5, 5.41) is 0. The monoisotopic (exact) mass is 192 g/mol. The molecular weight excluding hydrogens is 180 g/mol. The molecule has 14 heavy (non-hydrogen) atoms. The zero-order valence-electron chi connectivity index (χ0n) is 8.51. The van der Waals surface area contributed by atoms with E-state index in [2.05, 4.69) is 0 Å². The summed E-state index contributed by atoms with van der Waals surface area (Å²) in [7, 11) is 0. The Bertz CT molecular complexity index is 407. The Balaban J connectivity index is 2.70. The summed E-state index contributed by atoms with van der Waals surface area (Å²) in [6, 6.07) is 1.85. The largest absolute Gasteiger partial charge is 0.453 e. The zero-order chi connectivity index (χ0) is 10.3. The Kier molecular flexibility index (Phi) is 1.95. The van der Waals surface area contributed by atoms with Crippen LogP contribution in [0.5, 0.6) is 11.5 Å². The van der Waals surface area contributed by atoms with Crippen molar-refractivity contribution in [2.24, 2.45) is 0 Å². The van der Waals surface area contributed by atoms with Gasteiger partial charge >= 0.3 is 0 Å². The van der Waals surface area contributed by atoms with E-state index in [1.807, 2.05) is 19.9 Å². The second-order valence-electron chi connectivity index (χ2n) is 3.49. The molecule has 0 N–H and O–H groups in total. The number of rotatable bonds is 1. The lowest BCUT2D eigenvalue weighted by Crippen LogP contribution is -1.97. The van der Waals surface area contributed by atoms with Crippen molar-refractivity contribution < 1.29 is 14.3 Å². The molecule has 0 saturated carbocycles. The summed E-state index contributed by atoms with van der Waals surface area (Å²) < 4.78 is 10.6. The number of carbonyl (C=O) groups excluding carboxylic acids is 1. The van der Waals surface area contributed by atoms with Gasteiger partial charge in [0.2, 0.25) is 6.79 Å². The third-order valence-corrected chi connectivity index (χ3v) is 2.53. The van der Waals surface area contributed by atoms with Gasteiger partial charge in [0, 0.05) is 0 Å². The van der Waals surface area contributed by atoms with Crippen LogP contribution in [0.15, 0.2) is 6.07 Å². The van der Waals surface area contributed by atoms with E-state index in [4.69, 9.17) is 9.47 Å². The molecule has 1 aromatic carbocycles. The molecule has 0 spiro atoms. The minimum Gasteiger partial charge on any atom is -0.453 e. The highest BCUT2D eigenvalue weighted by molar-refractivity contribution is 5.98. The first-order valence-electron chi connectivity index (χ1n) is 4.52. The molecule has 0 atom stereocenters.